The minimum atomic E-state index is -0.0659. The molecule has 3 heteroatoms. The van der Waals surface area contributed by atoms with Crippen molar-refractivity contribution >= 4 is 12.3 Å². The molecule has 0 aromatic heterocycles. The third kappa shape index (κ3) is 12.5. The average molecular weight is 339 g/mol. The van der Waals surface area contributed by atoms with Gasteiger partial charge in [0.1, 0.15) is 12.4 Å². The van der Waals surface area contributed by atoms with Crippen molar-refractivity contribution in [2.45, 2.75) is 122 Å². The van der Waals surface area contributed by atoms with Crippen LogP contribution in [0.3, 0.4) is 0 Å². The quantitative estimate of drug-likeness (QED) is 0.332. The van der Waals surface area contributed by atoms with E-state index in [1.807, 2.05) is 0 Å². The van der Waals surface area contributed by atoms with Gasteiger partial charge in [0.15, 0.2) is 0 Å². The average Bonchev–Trinajstić information content (AvgIpc) is 2.59. The summed E-state index contributed by atoms with van der Waals surface area (Å²) in [5, 5.41) is 0. The first kappa shape index (κ1) is 21.2. The zero-order valence-electron chi connectivity index (χ0n) is 15.6. The van der Waals surface area contributed by atoms with Gasteiger partial charge >= 0.3 is 5.97 Å². The van der Waals surface area contributed by atoms with Gasteiger partial charge < -0.3 is 9.53 Å². The summed E-state index contributed by atoms with van der Waals surface area (Å²) in [6.07, 6.45) is 21.6. The standard InChI is InChI=1S/C21H38O3/c22-19-15-11-14-18-21(23)24-20-16-12-9-7-5-3-1-2-4-6-8-10-13-17-20/h19-20H,1-18H2. The molecule has 1 rings (SSSR count). The molecule has 0 amide bonds. The first-order valence-corrected chi connectivity index (χ1v) is 10.5. The van der Waals surface area contributed by atoms with E-state index in [9.17, 15) is 9.59 Å². The highest BCUT2D eigenvalue weighted by Crippen LogP contribution is 2.19. The van der Waals surface area contributed by atoms with Gasteiger partial charge in [-0.1, -0.05) is 64.2 Å². The Morgan fingerprint density at radius 2 is 1.21 bits per heavy atom. The summed E-state index contributed by atoms with van der Waals surface area (Å²) in [5.41, 5.74) is 0. The number of rotatable bonds is 6. The molecule has 0 radical (unpaired) electrons. The van der Waals surface area contributed by atoms with Crippen molar-refractivity contribution in [3.05, 3.63) is 0 Å². The van der Waals surface area contributed by atoms with E-state index < -0.39 is 0 Å². The number of aldehydes is 1. The highest BCUT2D eigenvalue weighted by atomic mass is 16.5. The van der Waals surface area contributed by atoms with Crippen LogP contribution in [0.2, 0.25) is 0 Å². The minimum absolute atomic E-state index is 0.0659. The van der Waals surface area contributed by atoms with Crippen LogP contribution in [0.15, 0.2) is 0 Å². The lowest BCUT2D eigenvalue weighted by molar-refractivity contribution is -0.150. The summed E-state index contributed by atoms with van der Waals surface area (Å²) in [4.78, 5) is 22.3. The topological polar surface area (TPSA) is 43.4 Å². The van der Waals surface area contributed by atoms with Crippen molar-refractivity contribution in [2.24, 2.45) is 0 Å². The summed E-state index contributed by atoms with van der Waals surface area (Å²) < 4.78 is 5.73. The van der Waals surface area contributed by atoms with Crippen LogP contribution in [0.1, 0.15) is 116 Å². The van der Waals surface area contributed by atoms with Crippen molar-refractivity contribution in [2.75, 3.05) is 0 Å². The summed E-state index contributed by atoms with van der Waals surface area (Å²) >= 11 is 0. The van der Waals surface area contributed by atoms with Crippen LogP contribution >= 0.6 is 0 Å². The molecule has 1 fully saturated rings. The predicted octanol–water partition coefficient (Wildman–Crippen LogP) is 6.13. The molecule has 1 aliphatic carbocycles. The molecule has 3 nitrogen and oxygen atoms in total. The van der Waals surface area contributed by atoms with Crippen LogP contribution in [0.5, 0.6) is 0 Å². The SMILES string of the molecule is O=CCCCCC(=O)OC1CCCCCCCCCCCCCC1. The highest BCUT2D eigenvalue weighted by Gasteiger charge is 2.14. The first-order chi connectivity index (χ1) is 11.8. The molecule has 0 N–H and O–H groups in total. The zero-order chi connectivity index (χ0) is 17.3. The molecule has 0 unspecified atom stereocenters. The third-order valence-electron chi connectivity index (χ3n) is 5.05. The van der Waals surface area contributed by atoms with E-state index in [4.69, 9.17) is 4.74 Å². The van der Waals surface area contributed by atoms with Gasteiger partial charge in [-0.05, 0) is 38.5 Å². The number of carbonyl (C=O) groups is 2. The Morgan fingerprint density at radius 3 is 1.67 bits per heavy atom. The predicted molar refractivity (Wildman–Crippen MR) is 99.1 cm³/mol. The van der Waals surface area contributed by atoms with Crippen LogP contribution in [-0.2, 0) is 14.3 Å². The minimum Gasteiger partial charge on any atom is -0.462 e. The van der Waals surface area contributed by atoms with E-state index in [1.54, 1.807) is 0 Å². The Kier molecular flexibility index (Phi) is 13.8. The Hall–Kier alpha value is -0.860. The Morgan fingerprint density at radius 1 is 0.750 bits per heavy atom. The molecule has 140 valence electrons. The van der Waals surface area contributed by atoms with Gasteiger partial charge in [0.05, 0.1) is 0 Å². The number of unbranched alkanes of at least 4 members (excludes halogenated alkanes) is 2. The fourth-order valence-corrected chi connectivity index (χ4v) is 3.52. The molecule has 0 aromatic carbocycles. The zero-order valence-corrected chi connectivity index (χ0v) is 15.6. The largest absolute Gasteiger partial charge is 0.462 e. The smallest absolute Gasteiger partial charge is 0.306 e. The van der Waals surface area contributed by atoms with E-state index in [2.05, 4.69) is 0 Å². The fraction of sp³-hybridized carbons (Fsp3) is 0.905. The van der Waals surface area contributed by atoms with Crippen LogP contribution in [-0.4, -0.2) is 18.4 Å². The summed E-state index contributed by atoms with van der Waals surface area (Å²) in [6, 6.07) is 0. The second kappa shape index (κ2) is 15.7. The van der Waals surface area contributed by atoms with Crippen molar-refractivity contribution in [3.8, 4) is 0 Å². The van der Waals surface area contributed by atoms with Crippen molar-refractivity contribution in [3.63, 3.8) is 0 Å². The fourth-order valence-electron chi connectivity index (χ4n) is 3.52. The summed E-state index contributed by atoms with van der Waals surface area (Å²) in [7, 11) is 0. The Labute approximate surface area is 148 Å². The molecule has 0 bridgehead atoms. The van der Waals surface area contributed by atoms with Crippen LogP contribution in [0.25, 0.3) is 0 Å². The Balaban J connectivity index is 2.28. The van der Waals surface area contributed by atoms with Gasteiger partial charge in [-0.2, -0.15) is 0 Å². The Bertz CT molecular complexity index is 298. The highest BCUT2D eigenvalue weighted by molar-refractivity contribution is 5.69. The number of esters is 1. The molecule has 24 heavy (non-hydrogen) atoms. The lowest BCUT2D eigenvalue weighted by atomic mass is 10.0. The van der Waals surface area contributed by atoms with Gasteiger partial charge in [-0.25, -0.2) is 0 Å². The van der Waals surface area contributed by atoms with Gasteiger partial charge in [-0.3, -0.25) is 4.79 Å². The molecule has 0 spiro atoms. The van der Waals surface area contributed by atoms with Gasteiger partial charge in [0.25, 0.3) is 0 Å². The molecule has 1 saturated carbocycles. The van der Waals surface area contributed by atoms with E-state index in [0.717, 1.165) is 32.0 Å². The lowest BCUT2D eigenvalue weighted by Gasteiger charge is -2.18. The van der Waals surface area contributed by atoms with Crippen molar-refractivity contribution < 1.29 is 14.3 Å². The first-order valence-electron chi connectivity index (χ1n) is 10.5. The maximum Gasteiger partial charge on any atom is 0.306 e. The molecule has 1 aliphatic rings. The molecule has 0 atom stereocenters. The summed E-state index contributed by atoms with van der Waals surface area (Å²) in [6.45, 7) is 0. The van der Waals surface area contributed by atoms with Gasteiger partial charge in [0.2, 0.25) is 0 Å². The number of ether oxygens (including phenoxy) is 1. The van der Waals surface area contributed by atoms with E-state index in [1.165, 1.54) is 77.0 Å². The molecule has 0 heterocycles. The van der Waals surface area contributed by atoms with Gasteiger partial charge in [0, 0.05) is 12.8 Å². The van der Waals surface area contributed by atoms with Gasteiger partial charge in [-0.15, -0.1) is 0 Å². The van der Waals surface area contributed by atoms with Crippen molar-refractivity contribution in [1.82, 2.24) is 0 Å². The maximum absolute atomic E-state index is 12.0. The van der Waals surface area contributed by atoms with Crippen LogP contribution in [0, 0.1) is 0 Å². The number of hydrogen-bond donors (Lipinski definition) is 0. The molecule has 0 aromatic rings. The molecular weight excluding hydrogens is 300 g/mol. The maximum atomic E-state index is 12.0. The monoisotopic (exact) mass is 338 g/mol. The van der Waals surface area contributed by atoms with E-state index in [0.29, 0.717) is 12.8 Å². The van der Waals surface area contributed by atoms with Crippen molar-refractivity contribution in [1.29, 1.82) is 0 Å². The van der Waals surface area contributed by atoms with Crippen LogP contribution < -0.4 is 0 Å². The van der Waals surface area contributed by atoms with E-state index >= 15 is 0 Å². The molecule has 0 saturated heterocycles. The third-order valence-corrected chi connectivity index (χ3v) is 5.05. The summed E-state index contributed by atoms with van der Waals surface area (Å²) in [5.74, 6) is -0.0659. The van der Waals surface area contributed by atoms with Crippen LogP contribution in [0.4, 0.5) is 0 Å². The number of carbonyl (C=O) groups excluding carboxylic acids is 2. The second-order valence-corrected chi connectivity index (χ2v) is 7.34. The number of hydrogen-bond acceptors (Lipinski definition) is 3. The second-order valence-electron chi connectivity index (χ2n) is 7.34. The molecular formula is C21H38O3. The van der Waals surface area contributed by atoms with E-state index in [-0.39, 0.29) is 12.1 Å². The lowest BCUT2D eigenvalue weighted by Crippen LogP contribution is -2.18. The normalized spacial score (nSPS) is 19.8. The molecule has 0 aliphatic heterocycles.